The lowest BCUT2D eigenvalue weighted by Gasteiger charge is -2.06. The summed E-state index contributed by atoms with van der Waals surface area (Å²) in [4.78, 5) is 3.79. The largest absolute Gasteiger partial charge is 0.219 e. The van der Waals surface area contributed by atoms with Gasteiger partial charge in [0.25, 0.3) is 0 Å². The third-order valence-electron chi connectivity index (χ3n) is 2.19. The highest BCUT2D eigenvalue weighted by Crippen LogP contribution is 2.24. The number of alkyl halides is 1. The minimum Gasteiger partial charge on any atom is -0.219 e. The highest BCUT2D eigenvalue weighted by Gasteiger charge is 2.08. The van der Waals surface area contributed by atoms with Gasteiger partial charge >= 0.3 is 0 Å². The van der Waals surface area contributed by atoms with E-state index in [9.17, 15) is 8.78 Å². The fourth-order valence-corrected chi connectivity index (χ4v) is 1.91. The van der Waals surface area contributed by atoms with Gasteiger partial charge in [0.15, 0.2) is 0 Å². The molecule has 0 aliphatic carbocycles. The molecule has 0 amide bonds. The smallest absolute Gasteiger partial charge is 0.213 e. The van der Waals surface area contributed by atoms with Crippen molar-refractivity contribution in [1.29, 1.82) is 0 Å². The van der Waals surface area contributed by atoms with E-state index in [1.165, 1.54) is 18.2 Å². The van der Waals surface area contributed by atoms with Crippen LogP contribution in [0.25, 0.3) is 11.3 Å². The molecule has 1 nitrogen and oxygen atoms in total. The average molecular weight is 284 g/mol. The standard InChI is InChI=1S/C12H8BrF2N/c13-7-9-4-5-11(15)16-12(9)8-2-1-3-10(14)6-8/h1-6H,7H2. The summed E-state index contributed by atoms with van der Waals surface area (Å²) in [6.07, 6.45) is 0. The summed E-state index contributed by atoms with van der Waals surface area (Å²) in [5.41, 5.74) is 1.87. The monoisotopic (exact) mass is 283 g/mol. The van der Waals surface area contributed by atoms with Crippen LogP contribution in [0, 0.1) is 11.8 Å². The number of halogens is 3. The van der Waals surface area contributed by atoms with Crippen molar-refractivity contribution in [2.75, 3.05) is 0 Å². The molecule has 2 aromatic rings. The first-order valence-corrected chi connectivity index (χ1v) is 5.80. The summed E-state index contributed by atoms with van der Waals surface area (Å²) in [6.45, 7) is 0. The second-order valence-electron chi connectivity index (χ2n) is 3.29. The second kappa shape index (κ2) is 4.70. The molecule has 2 rings (SSSR count). The summed E-state index contributed by atoms with van der Waals surface area (Å²) < 4.78 is 26.1. The van der Waals surface area contributed by atoms with Crippen molar-refractivity contribution in [3.05, 3.63) is 53.7 Å². The molecule has 0 aliphatic rings. The maximum atomic E-state index is 13.1. The predicted molar refractivity (Wildman–Crippen MR) is 62.2 cm³/mol. The van der Waals surface area contributed by atoms with Crippen molar-refractivity contribution in [3.63, 3.8) is 0 Å². The van der Waals surface area contributed by atoms with Gasteiger partial charge < -0.3 is 0 Å². The van der Waals surface area contributed by atoms with Crippen LogP contribution in [0.15, 0.2) is 36.4 Å². The Hall–Kier alpha value is -1.29. The van der Waals surface area contributed by atoms with Gasteiger partial charge in [0.2, 0.25) is 5.95 Å². The van der Waals surface area contributed by atoms with Gasteiger partial charge in [-0.25, -0.2) is 9.37 Å². The molecule has 1 heterocycles. The van der Waals surface area contributed by atoms with Crippen LogP contribution in [-0.2, 0) is 5.33 Å². The first-order chi connectivity index (χ1) is 7.70. The van der Waals surface area contributed by atoms with E-state index in [1.807, 2.05) is 0 Å². The van der Waals surface area contributed by atoms with Gasteiger partial charge in [-0.2, -0.15) is 4.39 Å². The van der Waals surface area contributed by atoms with E-state index in [2.05, 4.69) is 20.9 Å². The molecule has 0 N–H and O–H groups in total. The molecule has 0 aliphatic heterocycles. The molecule has 0 bridgehead atoms. The maximum Gasteiger partial charge on any atom is 0.213 e. The number of aromatic nitrogens is 1. The van der Waals surface area contributed by atoms with Crippen LogP contribution < -0.4 is 0 Å². The molecule has 0 spiro atoms. The van der Waals surface area contributed by atoms with E-state index in [0.717, 1.165) is 5.56 Å². The summed E-state index contributed by atoms with van der Waals surface area (Å²) >= 11 is 3.29. The van der Waals surface area contributed by atoms with Crippen LogP contribution in [0.3, 0.4) is 0 Å². The van der Waals surface area contributed by atoms with E-state index >= 15 is 0 Å². The minimum absolute atomic E-state index is 0.357. The average Bonchev–Trinajstić information content (AvgIpc) is 2.29. The van der Waals surface area contributed by atoms with Crippen LogP contribution in [0.4, 0.5) is 8.78 Å². The van der Waals surface area contributed by atoms with Gasteiger partial charge in [0, 0.05) is 10.9 Å². The summed E-state index contributed by atoms with van der Waals surface area (Å²) in [5.74, 6) is -0.923. The van der Waals surface area contributed by atoms with Crippen molar-refractivity contribution in [3.8, 4) is 11.3 Å². The Labute approximate surface area is 100 Å². The SMILES string of the molecule is Fc1cccc(-c2nc(F)ccc2CBr)c1. The van der Waals surface area contributed by atoms with Crippen LogP contribution in [0.1, 0.15) is 5.56 Å². The predicted octanol–water partition coefficient (Wildman–Crippen LogP) is 3.92. The van der Waals surface area contributed by atoms with Crippen LogP contribution in [0.2, 0.25) is 0 Å². The molecule has 0 saturated heterocycles. The van der Waals surface area contributed by atoms with E-state index in [1.54, 1.807) is 18.2 Å². The van der Waals surface area contributed by atoms with E-state index in [-0.39, 0.29) is 5.82 Å². The fraction of sp³-hybridized carbons (Fsp3) is 0.0833. The highest BCUT2D eigenvalue weighted by molar-refractivity contribution is 9.08. The van der Waals surface area contributed by atoms with Gasteiger partial charge in [0.05, 0.1) is 5.69 Å². The van der Waals surface area contributed by atoms with Crippen LogP contribution >= 0.6 is 15.9 Å². The Balaban J connectivity index is 2.58. The molecule has 0 unspecified atom stereocenters. The van der Waals surface area contributed by atoms with Crippen LogP contribution in [-0.4, -0.2) is 4.98 Å². The molecule has 0 saturated carbocycles. The molecular formula is C12H8BrF2N. The Morgan fingerprint density at radius 1 is 1.12 bits per heavy atom. The fourth-order valence-electron chi connectivity index (χ4n) is 1.46. The highest BCUT2D eigenvalue weighted by atomic mass is 79.9. The van der Waals surface area contributed by atoms with Gasteiger partial charge in [0.1, 0.15) is 5.82 Å². The summed E-state index contributed by atoms with van der Waals surface area (Å²) in [7, 11) is 0. The molecule has 0 fully saturated rings. The zero-order chi connectivity index (χ0) is 11.5. The van der Waals surface area contributed by atoms with E-state index in [0.29, 0.717) is 16.6 Å². The third kappa shape index (κ3) is 2.27. The number of benzene rings is 1. The molecule has 82 valence electrons. The molecule has 16 heavy (non-hydrogen) atoms. The van der Waals surface area contributed by atoms with Crippen molar-refractivity contribution in [2.45, 2.75) is 5.33 Å². The second-order valence-corrected chi connectivity index (χ2v) is 3.85. The maximum absolute atomic E-state index is 13.1. The number of hydrogen-bond acceptors (Lipinski definition) is 1. The molecular weight excluding hydrogens is 276 g/mol. The molecule has 4 heteroatoms. The first kappa shape index (κ1) is 11.2. The molecule has 0 radical (unpaired) electrons. The number of rotatable bonds is 2. The third-order valence-corrected chi connectivity index (χ3v) is 2.79. The van der Waals surface area contributed by atoms with Gasteiger partial charge in [-0.1, -0.05) is 34.1 Å². The Morgan fingerprint density at radius 3 is 2.62 bits per heavy atom. The minimum atomic E-state index is -0.566. The summed E-state index contributed by atoms with van der Waals surface area (Å²) in [6, 6.07) is 8.90. The topological polar surface area (TPSA) is 12.9 Å². The zero-order valence-electron chi connectivity index (χ0n) is 8.25. The van der Waals surface area contributed by atoms with Crippen molar-refractivity contribution in [1.82, 2.24) is 4.98 Å². The first-order valence-electron chi connectivity index (χ1n) is 4.68. The molecule has 1 aromatic carbocycles. The number of nitrogens with zero attached hydrogens (tertiary/aromatic N) is 1. The summed E-state index contributed by atoms with van der Waals surface area (Å²) in [5, 5.41) is 0.548. The van der Waals surface area contributed by atoms with Crippen molar-refractivity contribution in [2.24, 2.45) is 0 Å². The van der Waals surface area contributed by atoms with E-state index in [4.69, 9.17) is 0 Å². The quantitative estimate of drug-likeness (QED) is 0.601. The Morgan fingerprint density at radius 2 is 1.94 bits per heavy atom. The van der Waals surface area contributed by atoms with Gasteiger partial charge in [-0.15, -0.1) is 0 Å². The number of pyridine rings is 1. The van der Waals surface area contributed by atoms with E-state index < -0.39 is 5.95 Å². The van der Waals surface area contributed by atoms with Crippen molar-refractivity contribution < 1.29 is 8.78 Å². The molecule has 1 aromatic heterocycles. The number of hydrogen-bond donors (Lipinski definition) is 0. The lowest BCUT2D eigenvalue weighted by molar-refractivity contribution is 0.584. The zero-order valence-corrected chi connectivity index (χ0v) is 9.84. The normalized spacial score (nSPS) is 10.4. The van der Waals surface area contributed by atoms with Gasteiger partial charge in [-0.3, -0.25) is 0 Å². The lowest BCUT2D eigenvalue weighted by atomic mass is 10.1. The van der Waals surface area contributed by atoms with Crippen molar-refractivity contribution >= 4 is 15.9 Å². The van der Waals surface area contributed by atoms with Crippen LogP contribution in [0.5, 0.6) is 0 Å². The molecule has 0 atom stereocenters. The van der Waals surface area contributed by atoms with Gasteiger partial charge in [-0.05, 0) is 23.8 Å². The Kier molecular flexibility index (Phi) is 3.29. The Bertz CT molecular complexity index is 514. The lowest BCUT2D eigenvalue weighted by Crippen LogP contribution is -1.94.